The molecule has 8 nitrogen and oxygen atoms in total. The monoisotopic (exact) mass is 482 g/mol. The Morgan fingerprint density at radius 2 is 1.62 bits per heavy atom. The summed E-state index contributed by atoms with van der Waals surface area (Å²) >= 11 is 1.58. The zero-order valence-corrected chi connectivity index (χ0v) is 20.4. The van der Waals surface area contributed by atoms with Gasteiger partial charge in [-0.05, 0) is 49.8 Å². The van der Waals surface area contributed by atoms with Gasteiger partial charge in [0.15, 0.2) is 0 Å². The normalized spacial score (nSPS) is 19.0. The summed E-state index contributed by atoms with van der Waals surface area (Å²) in [7, 11) is -3.78. The molecule has 2 amide bonds. The molecule has 2 saturated heterocycles. The number of hydrogen-bond donors (Lipinski definition) is 1. The number of hydrogen-bond acceptors (Lipinski definition) is 6. The molecule has 0 aliphatic carbocycles. The first kappa shape index (κ1) is 25.0. The highest BCUT2D eigenvalue weighted by molar-refractivity contribution is 7.98. The van der Waals surface area contributed by atoms with E-state index in [1.54, 1.807) is 34.9 Å². The Kier molecular flexibility index (Phi) is 9.39. The molecule has 0 aromatic heterocycles. The number of carbonyl (C=O) groups excluding carboxylic acids is 2. The van der Waals surface area contributed by atoms with Gasteiger partial charge in [0, 0.05) is 39.3 Å². The maximum Gasteiger partial charge on any atom is 0.241 e. The molecule has 10 heteroatoms. The quantitative estimate of drug-likeness (QED) is 0.570. The summed E-state index contributed by atoms with van der Waals surface area (Å²) in [6.45, 7) is 4.30. The van der Waals surface area contributed by atoms with Crippen molar-refractivity contribution in [1.82, 2.24) is 19.4 Å². The zero-order chi connectivity index (χ0) is 23.0. The Bertz CT molecular complexity index is 852. The number of carbonyl (C=O) groups is 2. The van der Waals surface area contributed by atoms with Crippen LogP contribution in [0.3, 0.4) is 0 Å². The van der Waals surface area contributed by atoms with Gasteiger partial charge in [-0.3, -0.25) is 14.5 Å². The van der Waals surface area contributed by atoms with Crippen molar-refractivity contribution in [3.63, 3.8) is 0 Å². The van der Waals surface area contributed by atoms with Gasteiger partial charge in [-0.2, -0.15) is 16.5 Å². The third-order valence-corrected chi connectivity index (χ3v) is 8.14. The molecule has 2 fully saturated rings. The minimum atomic E-state index is -3.78. The van der Waals surface area contributed by atoms with E-state index in [4.69, 9.17) is 0 Å². The van der Waals surface area contributed by atoms with Gasteiger partial charge >= 0.3 is 0 Å². The van der Waals surface area contributed by atoms with Crippen LogP contribution in [0.25, 0.3) is 0 Å². The summed E-state index contributed by atoms with van der Waals surface area (Å²) in [4.78, 5) is 31.6. The molecule has 1 atom stereocenters. The summed E-state index contributed by atoms with van der Waals surface area (Å²) in [6.07, 6.45) is 5.70. The van der Waals surface area contributed by atoms with E-state index in [9.17, 15) is 18.0 Å². The predicted molar refractivity (Wildman–Crippen MR) is 127 cm³/mol. The standard InChI is InChI=1S/C22H34N4O4S2/c1-31-17-10-20(23-32(29,30)19-8-4-2-5-9-19)22(28)26-15-13-24(14-16-26)18-21(27)25-11-6-3-7-12-25/h2,4-5,8-9,20,23H,3,6-7,10-18H2,1H3. The highest BCUT2D eigenvalue weighted by Gasteiger charge is 2.31. The van der Waals surface area contributed by atoms with Gasteiger partial charge < -0.3 is 9.80 Å². The van der Waals surface area contributed by atoms with E-state index < -0.39 is 16.1 Å². The number of thioether (sulfide) groups is 1. The lowest BCUT2D eigenvalue weighted by atomic mass is 10.1. The maximum absolute atomic E-state index is 13.2. The fourth-order valence-corrected chi connectivity index (χ4v) is 5.82. The molecule has 1 aromatic carbocycles. The molecule has 0 spiro atoms. The lowest BCUT2D eigenvalue weighted by molar-refractivity contribution is -0.136. The molecular weight excluding hydrogens is 448 g/mol. The Morgan fingerprint density at radius 3 is 2.25 bits per heavy atom. The predicted octanol–water partition coefficient (Wildman–Crippen LogP) is 1.24. The number of nitrogens with zero attached hydrogens (tertiary/aromatic N) is 3. The fourth-order valence-electron chi connectivity index (χ4n) is 4.10. The van der Waals surface area contributed by atoms with Crippen LogP contribution in [-0.2, 0) is 19.6 Å². The summed E-state index contributed by atoms with van der Waals surface area (Å²) in [6, 6.07) is 7.34. The van der Waals surface area contributed by atoms with Gasteiger partial charge in [0.25, 0.3) is 0 Å². The van der Waals surface area contributed by atoms with E-state index in [0.29, 0.717) is 44.9 Å². The number of sulfonamides is 1. The van der Waals surface area contributed by atoms with Crippen molar-refractivity contribution >= 4 is 33.6 Å². The van der Waals surface area contributed by atoms with Crippen LogP contribution < -0.4 is 4.72 Å². The first-order chi connectivity index (χ1) is 15.4. The summed E-state index contributed by atoms with van der Waals surface area (Å²) < 4.78 is 28.2. The van der Waals surface area contributed by atoms with E-state index in [1.807, 2.05) is 11.2 Å². The highest BCUT2D eigenvalue weighted by atomic mass is 32.2. The second kappa shape index (κ2) is 12.0. The third kappa shape index (κ3) is 6.94. The third-order valence-electron chi connectivity index (χ3n) is 6.01. The van der Waals surface area contributed by atoms with Crippen LogP contribution in [0.2, 0.25) is 0 Å². The van der Waals surface area contributed by atoms with Gasteiger partial charge in [-0.15, -0.1) is 0 Å². The summed E-state index contributed by atoms with van der Waals surface area (Å²) in [5, 5.41) is 0. The molecular formula is C22H34N4O4S2. The van der Waals surface area contributed by atoms with Crippen LogP contribution in [0.15, 0.2) is 35.2 Å². The van der Waals surface area contributed by atoms with Crippen LogP contribution in [-0.4, -0.2) is 98.8 Å². The Balaban J connectivity index is 1.56. The van der Waals surface area contributed by atoms with Crippen LogP contribution in [0.4, 0.5) is 0 Å². The highest BCUT2D eigenvalue weighted by Crippen LogP contribution is 2.14. The van der Waals surface area contributed by atoms with E-state index in [-0.39, 0.29) is 16.7 Å². The topological polar surface area (TPSA) is 90.0 Å². The number of piperazine rings is 1. The van der Waals surface area contributed by atoms with Gasteiger partial charge in [0.2, 0.25) is 21.8 Å². The first-order valence-electron chi connectivity index (χ1n) is 11.3. The molecule has 0 radical (unpaired) electrons. The number of nitrogens with one attached hydrogen (secondary N) is 1. The van der Waals surface area contributed by atoms with Gasteiger partial charge in [-0.25, -0.2) is 8.42 Å². The second-order valence-electron chi connectivity index (χ2n) is 8.31. The minimum Gasteiger partial charge on any atom is -0.342 e. The summed E-state index contributed by atoms with van der Waals surface area (Å²) in [5.41, 5.74) is 0. The molecule has 178 valence electrons. The van der Waals surface area contributed by atoms with Crippen LogP contribution in [0, 0.1) is 0 Å². The number of rotatable bonds is 9. The van der Waals surface area contributed by atoms with E-state index in [2.05, 4.69) is 9.62 Å². The molecule has 3 rings (SSSR count). The molecule has 2 heterocycles. The zero-order valence-electron chi connectivity index (χ0n) is 18.7. The largest absolute Gasteiger partial charge is 0.342 e. The molecule has 2 aliphatic heterocycles. The van der Waals surface area contributed by atoms with Crippen molar-refractivity contribution in [2.75, 3.05) is 57.8 Å². The second-order valence-corrected chi connectivity index (χ2v) is 11.0. The average Bonchev–Trinajstić information content (AvgIpc) is 2.83. The maximum atomic E-state index is 13.2. The lowest BCUT2D eigenvalue weighted by Crippen LogP contribution is -2.56. The van der Waals surface area contributed by atoms with Crippen LogP contribution in [0.1, 0.15) is 25.7 Å². The Morgan fingerprint density at radius 1 is 0.969 bits per heavy atom. The molecule has 1 N–H and O–H groups in total. The lowest BCUT2D eigenvalue weighted by Gasteiger charge is -2.37. The van der Waals surface area contributed by atoms with Gasteiger partial charge in [0.05, 0.1) is 11.4 Å². The molecule has 32 heavy (non-hydrogen) atoms. The number of amides is 2. The molecule has 0 saturated carbocycles. The molecule has 2 aliphatic rings. The Labute approximate surface area is 195 Å². The fraction of sp³-hybridized carbons (Fsp3) is 0.636. The number of piperidine rings is 1. The van der Waals surface area contributed by atoms with E-state index in [1.165, 1.54) is 18.6 Å². The molecule has 1 aromatic rings. The Hall–Kier alpha value is -1.62. The van der Waals surface area contributed by atoms with Crippen molar-refractivity contribution in [1.29, 1.82) is 0 Å². The van der Waals surface area contributed by atoms with Crippen molar-refractivity contribution in [2.24, 2.45) is 0 Å². The summed E-state index contributed by atoms with van der Waals surface area (Å²) in [5.74, 6) is 0.649. The number of likely N-dealkylation sites (tertiary alicyclic amines) is 1. The SMILES string of the molecule is CSCCC(NS(=O)(=O)c1ccccc1)C(=O)N1CCN(CC(=O)N2CCCCC2)CC1. The molecule has 1 unspecified atom stereocenters. The van der Waals surface area contributed by atoms with Gasteiger partial charge in [0.1, 0.15) is 6.04 Å². The van der Waals surface area contributed by atoms with E-state index >= 15 is 0 Å². The van der Waals surface area contributed by atoms with Gasteiger partial charge in [-0.1, -0.05) is 18.2 Å². The number of benzene rings is 1. The average molecular weight is 483 g/mol. The van der Waals surface area contributed by atoms with Crippen molar-refractivity contribution in [3.8, 4) is 0 Å². The minimum absolute atomic E-state index is 0.156. The smallest absolute Gasteiger partial charge is 0.241 e. The first-order valence-corrected chi connectivity index (χ1v) is 14.1. The van der Waals surface area contributed by atoms with Crippen molar-refractivity contribution in [2.45, 2.75) is 36.6 Å². The molecule has 0 bridgehead atoms. The van der Waals surface area contributed by atoms with Crippen LogP contribution >= 0.6 is 11.8 Å². The van der Waals surface area contributed by atoms with Crippen LogP contribution in [0.5, 0.6) is 0 Å². The van der Waals surface area contributed by atoms with Crippen molar-refractivity contribution in [3.05, 3.63) is 30.3 Å². The van der Waals surface area contributed by atoms with E-state index in [0.717, 1.165) is 25.9 Å². The van der Waals surface area contributed by atoms with Crippen molar-refractivity contribution < 1.29 is 18.0 Å².